The Bertz CT molecular complexity index is 2710. The third-order valence-corrected chi connectivity index (χ3v) is 9.95. The molecule has 0 amide bonds. The first-order valence-electron chi connectivity index (χ1n) is 18.1. The molecule has 8 rings (SSSR count). The monoisotopic (exact) mass is 921 g/mol. The zero-order valence-electron chi connectivity index (χ0n) is 31.8. The molecule has 1 radical (unpaired) electrons. The van der Waals surface area contributed by atoms with Crippen molar-refractivity contribution in [3.8, 4) is 56.0 Å². The minimum absolute atomic E-state index is 0. The summed E-state index contributed by atoms with van der Waals surface area (Å²) in [6.07, 6.45) is 3.97. The van der Waals surface area contributed by atoms with Crippen molar-refractivity contribution in [1.29, 1.82) is 0 Å². The van der Waals surface area contributed by atoms with Crippen LogP contribution >= 0.6 is 0 Å². The Kier molecular flexibility index (Phi) is 12.2. The molecular weight excluding hydrogens is 879 g/mol. The van der Waals surface area contributed by atoms with Gasteiger partial charge >= 0.3 is 5.97 Å². The van der Waals surface area contributed by atoms with Crippen molar-refractivity contribution in [2.45, 2.75) is 6.92 Å². The normalized spacial score (nSPS) is 10.6. The molecule has 0 aliphatic heterocycles. The molecule has 5 aromatic carbocycles. The number of esters is 1. The molecular formula is C51H42IrN3O2-3. The van der Waals surface area contributed by atoms with Gasteiger partial charge in [-0.15, -0.1) is 41.0 Å². The first kappa shape index (κ1) is 40.0. The minimum atomic E-state index is -0.535. The number of nitrogens with zero attached hydrogens (tertiary/aromatic N) is 3. The van der Waals surface area contributed by atoms with E-state index in [1.807, 2.05) is 101 Å². The number of pyridine rings is 3. The average molecular weight is 921 g/mol. The minimum Gasteiger partial charge on any atom is -0.642 e. The largest absolute Gasteiger partial charge is 0.642 e. The van der Waals surface area contributed by atoms with Crippen LogP contribution in [0.5, 0.6) is 0 Å². The number of hydrogen-bond donors (Lipinski definition) is 0. The first-order valence-corrected chi connectivity index (χ1v) is 18.1. The summed E-state index contributed by atoms with van der Waals surface area (Å²) in [5.41, 5.74) is 13.4. The fourth-order valence-corrected chi connectivity index (χ4v) is 6.96. The summed E-state index contributed by atoms with van der Waals surface area (Å²) in [6, 6.07) is 51.1. The van der Waals surface area contributed by atoms with Gasteiger partial charge in [0.15, 0.2) is 5.69 Å². The Balaban J connectivity index is 0.000000194. The second-order valence-corrected chi connectivity index (χ2v) is 13.6. The van der Waals surface area contributed by atoms with Crippen molar-refractivity contribution in [2.24, 2.45) is 0 Å². The fourth-order valence-electron chi connectivity index (χ4n) is 6.96. The van der Waals surface area contributed by atoms with Crippen LogP contribution in [0.25, 0.3) is 66.8 Å². The van der Waals surface area contributed by atoms with Gasteiger partial charge in [-0.05, 0) is 52.1 Å². The SMILES string of the molecule is [CH2-]OC(=O)c1cc(-c2ccc(C)cc2)cc(-c2ccccc2[CH2-])[n+]1[CH2-].[CH2-]c1c(-c2cccc[n+]2[CH2-])cc(-c2ccccc2)cc1-c1c2ccccc2cc[n+]1[CH2-].[Ir]. The van der Waals surface area contributed by atoms with Gasteiger partial charge in [-0.3, -0.25) is 4.79 Å². The summed E-state index contributed by atoms with van der Waals surface area (Å²) in [5.74, 6) is -0.535. The molecule has 57 heavy (non-hydrogen) atoms. The molecule has 5 nitrogen and oxygen atoms in total. The summed E-state index contributed by atoms with van der Waals surface area (Å²) in [6.45, 7) is 10.6. The van der Waals surface area contributed by atoms with E-state index in [4.69, 9.17) is 0 Å². The molecule has 0 aliphatic carbocycles. The molecule has 0 aliphatic rings. The van der Waals surface area contributed by atoms with Gasteiger partial charge in [-0.2, -0.15) is 38.2 Å². The number of carbonyl (C=O) groups excluding carboxylic acids is 1. The molecule has 0 bridgehead atoms. The molecule has 0 atom stereocenters. The van der Waals surface area contributed by atoms with E-state index in [9.17, 15) is 4.79 Å². The van der Waals surface area contributed by atoms with Gasteiger partial charge in [-0.1, -0.05) is 115 Å². The van der Waals surface area contributed by atoms with Crippen molar-refractivity contribution >= 4 is 16.7 Å². The van der Waals surface area contributed by atoms with E-state index in [2.05, 4.69) is 120 Å². The van der Waals surface area contributed by atoms with E-state index < -0.39 is 5.97 Å². The third kappa shape index (κ3) is 8.29. The Morgan fingerprint density at radius 1 is 0.561 bits per heavy atom. The molecule has 0 spiro atoms. The van der Waals surface area contributed by atoms with Crippen molar-refractivity contribution in [3.05, 3.63) is 229 Å². The number of benzene rings is 5. The molecule has 285 valence electrons. The van der Waals surface area contributed by atoms with Crippen LogP contribution in [0.3, 0.4) is 0 Å². The van der Waals surface area contributed by atoms with Gasteiger partial charge in [0.05, 0.1) is 29.5 Å². The van der Waals surface area contributed by atoms with Crippen molar-refractivity contribution in [3.63, 3.8) is 0 Å². The molecule has 6 heteroatoms. The molecule has 0 saturated heterocycles. The number of rotatable bonds is 6. The van der Waals surface area contributed by atoms with Crippen LogP contribution < -0.4 is 13.7 Å². The van der Waals surface area contributed by atoms with Crippen LogP contribution in [0.4, 0.5) is 0 Å². The maximum atomic E-state index is 12.2. The number of aromatic nitrogens is 3. The maximum absolute atomic E-state index is 12.2. The van der Waals surface area contributed by atoms with E-state index >= 15 is 0 Å². The summed E-state index contributed by atoms with van der Waals surface area (Å²) >= 11 is 0. The van der Waals surface area contributed by atoms with Gasteiger partial charge in [-0.25, -0.2) is 0 Å². The number of carbonyl (C=O) groups is 1. The summed E-state index contributed by atoms with van der Waals surface area (Å²) < 4.78 is 10.1. The van der Waals surface area contributed by atoms with E-state index in [1.54, 1.807) is 10.6 Å². The molecule has 0 fully saturated rings. The molecule has 3 heterocycles. The van der Waals surface area contributed by atoms with Crippen molar-refractivity contribution in [1.82, 2.24) is 0 Å². The van der Waals surface area contributed by atoms with Crippen molar-refractivity contribution < 1.29 is 43.3 Å². The maximum Gasteiger partial charge on any atom is 0.313 e. The van der Waals surface area contributed by atoms with Crippen LogP contribution in [-0.4, -0.2) is 5.97 Å². The van der Waals surface area contributed by atoms with Gasteiger partial charge < -0.3 is 18.4 Å². The van der Waals surface area contributed by atoms with Gasteiger partial charge in [0, 0.05) is 41.2 Å². The number of hydrogen-bond acceptors (Lipinski definition) is 2. The van der Waals surface area contributed by atoms with Crippen molar-refractivity contribution in [2.75, 3.05) is 0 Å². The molecule has 0 saturated carbocycles. The summed E-state index contributed by atoms with van der Waals surface area (Å²) in [5, 5.41) is 2.33. The number of ether oxygens (including phenoxy) is 1. The van der Waals surface area contributed by atoms with Gasteiger partial charge in [0.25, 0.3) is 0 Å². The molecule has 8 aromatic rings. The van der Waals surface area contributed by atoms with Crippen LogP contribution in [-0.2, 0) is 24.8 Å². The van der Waals surface area contributed by atoms with E-state index in [0.717, 1.165) is 72.5 Å². The van der Waals surface area contributed by atoms with Crippen LogP contribution in [0.2, 0.25) is 0 Å². The Morgan fingerprint density at radius 3 is 1.91 bits per heavy atom. The van der Waals surface area contributed by atoms with Crippen LogP contribution in [0, 0.1) is 49.0 Å². The topological polar surface area (TPSA) is 37.9 Å². The number of aryl methyl sites for hydroxylation is 1. The van der Waals surface area contributed by atoms with Gasteiger partial charge in [0.2, 0.25) is 0 Å². The Labute approximate surface area is 349 Å². The second kappa shape index (κ2) is 17.4. The summed E-state index contributed by atoms with van der Waals surface area (Å²) in [7, 11) is 15.7. The third-order valence-electron chi connectivity index (χ3n) is 9.95. The molecule has 3 aromatic heterocycles. The second-order valence-electron chi connectivity index (χ2n) is 13.6. The fraction of sp³-hybridized carbons (Fsp3) is 0.0196. The Hall–Kier alpha value is -6.72. The summed E-state index contributed by atoms with van der Waals surface area (Å²) in [4.78, 5) is 12.2. The molecule has 0 N–H and O–H groups in total. The van der Waals surface area contributed by atoms with E-state index in [0.29, 0.717) is 5.69 Å². The standard InChI is InChI=1S/C29H23N2.C22H19NO2.Ir/c1-21-26(28-15-9-10-17-30(28)2)19-24(22-11-5-4-6-12-22)20-27(21)29-25-14-8-7-13-23(25)16-18-31(29)3;1-15-9-11-17(12-10-15)18-13-20(19-8-6-5-7-16(19)2)23(3)21(14-18)22(24)25-4;/h4-20H,1-3H2;5-14H,2-4H2,1H3;/q-1;-2;. The van der Waals surface area contributed by atoms with Crippen LogP contribution in [0.15, 0.2) is 164 Å². The smallest absolute Gasteiger partial charge is 0.313 e. The molecule has 0 unspecified atom stereocenters. The van der Waals surface area contributed by atoms with E-state index in [1.165, 1.54) is 10.9 Å². The Morgan fingerprint density at radius 2 is 1.19 bits per heavy atom. The van der Waals surface area contributed by atoms with Gasteiger partial charge in [0.1, 0.15) is 0 Å². The average Bonchev–Trinajstić information content (AvgIpc) is 3.22. The first-order chi connectivity index (χ1) is 27.1. The zero-order chi connectivity index (χ0) is 39.3. The number of fused-ring (bicyclic) bond motifs is 1. The van der Waals surface area contributed by atoms with E-state index in [-0.39, 0.29) is 20.1 Å². The predicted molar refractivity (Wildman–Crippen MR) is 225 cm³/mol. The quantitative estimate of drug-likeness (QED) is 0.0947. The van der Waals surface area contributed by atoms with Crippen LogP contribution in [0.1, 0.15) is 27.2 Å². The predicted octanol–water partition coefficient (Wildman–Crippen LogP) is 10.3. The zero-order valence-corrected chi connectivity index (χ0v) is 34.2.